The van der Waals surface area contributed by atoms with Crippen LogP contribution in [-0.2, 0) is 20.2 Å². The van der Waals surface area contributed by atoms with Gasteiger partial charge in [-0.25, -0.2) is 13.1 Å². The zero-order chi connectivity index (χ0) is 19.5. The van der Waals surface area contributed by atoms with Gasteiger partial charge in [0, 0.05) is 30.2 Å². The number of hydrogen-bond acceptors (Lipinski definition) is 4. The van der Waals surface area contributed by atoms with Gasteiger partial charge in [0.1, 0.15) is 5.75 Å². The number of nitrogens with one attached hydrogen (secondary N) is 1. The summed E-state index contributed by atoms with van der Waals surface area (Å²) in [6.07, 6.45) is 1.49. The Kier molecular flexibility index (Phi) is 6.11. The molecule has 0 atom stereocenters. The SMILES string of the molecule is COc1ccc(C2(CNS(=O)(=O)c3cccc(Cl)c3C)CCOCC2)cc1. The Balaban J connectivity index is 1.87. The zero-order valence-corrected chi connectivity index (χ0v) is 17.1. The third-order valence-electron chi connectivity index (χ3n) is 5.26. The monoisotopic (exact) mass is 409 g/mol. The summed E-state index contributed by atoms with van der Waals surface area (Å²) < 4.78 is 39.4. The highest BCUT2D eigenvalue weighted by Gasteiger charge is 2.36. The first-order valence-corrected chi connectivity index (χ1v) is 10.7. The molecule has 0 aromatic heterocycles. The van der Waals surface area contributed by atoms with Crippen LogP contribution >= 0.6 is 11.6 Å². The number of rotatable bonds is 6. The molecule has 0 saturated carbocycles. The Labute approximate surface area is 165 Å². The van der Waals surface area contributed by atoms with Crippen LogP contribution in [0, 0.1) is 6.92 Å². The molecule has 1 heterocycles. The van der Waals surface area contributed by atoms with Gasteiger partial charge in [-0.3, -0.25) is 0 Å². The summed E-state index contributed by atoms with van der Waals surface area (Å²) >= 11 is 6.10. The fraction of sp³-hybridized carbons (Fsp3) is 0.400. The first-order valence-electron chi connectivity index (χ1n) is 8.85. The molecule has 1 fully saturated rings. The van der Waals surface area contributed by atoms with Crippen molar-refractivity contribution in [1.29, 1.82) is 0 Å². The minimum Gasteiger partial charge on any atom is -0.497 e. The lowest BCUT2D eigenvalue weighted by Crippen LogP contribution is -2.44. The molecule has 0 spiro atoms. The van der Waals surface area contributed by atoms with Crippen molar-refractivity contribution in [3.8, 4) is 5.75 Å². The molecule has 1 aliphatic rings. The number of ether oxygens (including phenoxy) is 2. The molecule has 2 aromatic rings. The van der Waals surface area contributed by atoms with E-state index in [-0.39, 0.29) is 10.3 Å². The molecule has 0 aliphatic carbocycles. The molecule has 146 valence electrons. The van der Waals surface area contributed by atoms with Crippen molar-refractivity contribution in [1.82, 2.24) is 4.72 Å². The second-order valence-electron chi connectivity index (χ2n) is 6.81. The van der Waals surface area contributed by atoms with Gasteiger partial charge in [0.05, 0.1) is 12.0 Å². The van der Waals surface area contributed by atoms with E-state index in [0.717, 1.165) is 24.2 Å². The van der Waals surface area contributed by atoms with Crippen molar-refractivity contribution < 1.29 is 17.9 Å². The van der Waals surface area contributed by atoms with Gasteiger partial charge in [0.15, 0.2) is 0 Å². The summed E-state index contributed by atoms with van der Waals surface area (Å²) in [4.78, 5) is 0.215. The van der Waals surface area contributed by atoms with Crippen molar-refractivity contribution in [3.63, 3.8) is 0 Å². The average Bonchev–Trinajstić information content (AvgIpc) is 2.69. The van der Waals surface area contributed by atoms with Crippen molar-refractivity contribution >= 4 is 21.6 Å². The molecule has 1 saturated heterocycles. The molecule has 0 amide bonds. The maximum Gasteiger partial charge on any atom is 0.240 e. The lowest BCUT2D eigenvalue weighted by molar-refractivity contribution is 0.0517. The van der Waals surface area contributed by atoms with Crippen LogP contribution in [-0.4, -0.2) is 35.3 Å². The number of sulfonamides is 1. The van der Waals surface area contributed by atoms with Crippen molar-refractivity contribution in [2.24, 2.45) is 0 Å². The van der Waals surface area contributed by atoms with Gasteiger partial charge in [-0.2, -0.15) is 0 Å². The third-order valence-corrected chi connectivity index (χ3v) is 7.22. The Morgan fingerprint density at radius 1 is 1.15 bits per heavy atom. The van der Waals surface area contributed by atoms with Crippen molar-refractivity contribution in [3.05, 3.63) is 58.6 Å². The summed E-state index contributed by atoms with van der Waals surface area (Å²) in [6, 6.07) is 12.7. The van der Waals surface area contributed by atoms with E-state index in [1.165, 1.54) is 0 Å². The van der Waals surface area contributed by atoms with Gasteiger partial charge in [-0.05, 0) is 55.2 Å². The van der Waals surface area contributed by atoms with Crippen LogP contribution in [0.25, 0.3) is 0 Å². The molecule has 5 nitrogen and oxygen atoms in total. The van der Waals surface area contributed by atoms with Crippen molar-refractivity contribution in [2.75, 3.05) is 26.9 Å². The van der Waals surface area contributed by atoms with E-state index in [1.807, 2.05) is 24.3 Å². The predicted octanol–water partition coefficient (Wildman–Crippen LogP) is 3.68. The molecule has 3 rings (SSSR count). The standard InChI is InChI=1S/C20H24ClNO4S/c1-15-18(21)4-3-5-19(15)27(23,24)22-14-20(10-12-26-13-11-20)16-6-8-17(25-2)9-7-16/h3-9,22H,10-14H2,1-2H3. The highest BCUT2D eigenvalue weighted by atomic mass is 35.5. The maximum absolute atomic E-state index is 12.9. The van der Waals surface area contributed by atoms with E-state index < -0.39 is 10.0 Å². The lowest BCUT2D eigenvalue weighted by Gasteiger charge is -2.38. The van der Waals surface area contributed by atoms with E-state index in [9.17, 15) is 8.42 Å². The summed E-state index contributed by atoms with van der Waals surface area (Å²) in [5.41, 5.74) is 1.32. The van der Waals surface area contributed by atoms with E-state index in [4.69, 9.17) is 21.1 Å². The molecule has 0 radical (unpaired) electrons. The van der Waals surface area contributed by atoms with E-state index in [0.29, 0.717) is 30.3 Å². The maximum atomic E-state index is 12.9. The second-order valence-corrected chi connectivity index (χ2v) is 8.95. The van der Waals surface area contributed by atoms with Gasteiger partial charge in [0.2, 0.25) is 10.0 Å². The second kappa shape index (κ2) is 8.19. The number of hydrogen-bond donors (Lipinski definition) is 1. The predicted molar refractivity (Wildman–Crippen MR) is 106 cm³/mol. The van der Waals surface area contributed by atoms with Crippen LogP contribution in [0.3, 0.4) is 0 Å². The summed E-state index contributed by atoms with van der Waals surface area (Å²) in [5, 5.41) is 0.439. The largest absolute Gasteiger partial charge is 0.497 e. The van der Waals surface area contributed by atoms with Crippen LogP contribution < -0.4 is 9.46 Å². The Morgan fingerprint density at radius 3 is 2.44 bits per heavy atom. The number of methoxy groups -OCH3 is 1. The molecular formula is C20H24ClNO4S. The van der Waals surface area contributed by atoms with Crippen LogP contribution in [0.1, 0.15) is 24.0 Å². The fourth-order valence-corrected chi connectivity index (χ4v) is 5.09. The van der Waals surface area contributed by atoms with Crippen LogP contribution in [0.5, 0.6) is 5.75 Å². The smallest absolute Gasteiger partial charge is 0.240 e. The zero-order valence-electron chi connectivity index (χ0n) is 15.5. The highest BCUT2D eigenvalue weighted by Crippen LogP contribution is 2.35. The summed E-state index contributed by atoms with van der Waals surface area (Å²) in [5.74, 6) is 0.774. The fourth-order valence-electron chi connectivity index (χ4n) is 3.46. The van der Waals surface area contributed by atoms with E-state index >= 15 is 0 Å². The molecule has 1 aliphatic heterocycles. The van der Waals surface area contributed by atoms with Crippen LogP contribution in [0.4, 0.5) is 0 Å². The summed E-state index contributed by atoms with van der Waals surface area (Å²) in [7, 11) is -2.05. The normalized spacial score (nSPS) is 16.9. The van der Waals surface area contributed by atoms with E-state index in [2.05, 4.69) is 4.72 Å². The lowest BCUT2D eigenvalue weighted by atomic mass is 9.74. The molecule has 2 aromatic carbocycles. The quantitative estimate of drug-likeness (QED) is 0.790. The van der Waals surface area contributed by atoms with E-state index in [1.54, 1.807) is 32.2 Å². The molecule has 27 heavy (non-hydrogen) atoms. The Bertz CT molecular complexity index is 891. The third kappa shape index (κ3) is 4.29. The Morgan fingerprint density at radius 2 is 1.81 bits per heavy atom. The minimum atomic E-state index is -3.67. The van der Waals surface area contributed by atoms with Gasteiger partial charge < -0.3 is 9.47 Å². The molecule has 0 unspecified atom stereocenters. The molecule has 7 heteroatoms. The van der Waals surface area contributed by atoms with Crippen LogP contribution in [0.15, 0.2) is 47.4 Å². The van der Waals surface area contributed by atoms with Gasteiger partial charge in [0.25, 0.3) is 0 Å². The van der Waals surface area contributed by atoms with Gasteiger partial charge >= 0.3 is 0 Å². The minimum absolute atomic E-state index is 0.215. The van der Waals surface area contributed by atoms with Gasteiger partial charge in [-0.1, -0.05) is 29.8 Å². The first-order chi connectivity index (χ1) is 12.9. The molecular weight excluding hydrogens is 386 g/mol. The Hall–Kier alpha value is -1.60. The number of benzene rings is 2. The van der Waals surface area contributed by atoms with Crippen molar-refractivity contribution in [2.45, 2.75) is 30.1 Å². The van der Waals surface area contributed by atoms with Gasteiger partial charge in [-0.15, -0.1) is 0 Å². The molecule has 0 bridgehead atoms. The number of halogens is 1. The van der Waals surface area contributed by atoms with Crippen LogP contribution in [0.2, 0.25) is 5.02 Å². The first kappa shape index (κ1) is 20.1. The topological polar surface area (TPSA) is 64.6 Å². The highest BCUT2D eigenvalue weighted by molar-refractivity contribution is 7.89. The average molecular weight is 410 g/mol. The summed E-state index contributed by atoms with van der Waals surface area (Å²) in [6.45, 7) is 3.22. The molecule has 1 N–H and O–H groups in total.